The summed E-state index contributed by atoms with van der Waals surface area (Å²) in [6.07, 6.45) is 0.656. The van der Waals surface area contributed by atoms with Crippen molar-refractivity contribution >= 4 is 23.2 Å². The fourth-order valence-electron chi connectivity index (χ4n) is 1.50. The average Bonchev–Trinajstić information content (AvgIpc) is 2.37. The van der Waals surface area contributed by atoms with Gasteiger partial charge in [-0.25, -0.2) is 0 Å². The molecule has 1 rings (SSSR count). The lowest BCUT2D eigenvalue weighted by atomic mass is 10.1. The molecule has 3 N–H and O–H groups in total. The van der Waals surface area contributed by atoms with Crippen molar-refractivity contribution in [1.82, 2.24) is 5.43 Å². The molecule has 1 aromatic rings. The standard InChI is InChI=1S/C12H18Cl2N2O2/c1-17-4-5-18-8-11(16-15)7-9-6-10(13)2-3-12(9)14/h2-3,6,11,16H,4-5,7-8,15H2,1H3. The number of hydrogen-bond donors (Lipinski definition) is 2. The van der Waals surface area contributed by atoms with Crippen molar-refractivity contribution in [3.63, 3.8) is 0 Å². The fraction of sp³-hybridized carbons (Fsp3) is 0.500. The first-order valence-corrected chi connectivity index (χ1v) is 6.39. The number of hydrazine groups is 1. The SMILES string of the molecule is COCCOCC(Cc1cc(Cl)ccc1Cl)NN. The highest BCUT2D eigenvalue weighted by molar-refractivity contribution is 6.33. The van der Waals surface area contributed by atoms with E-state index in [-0.39, 0.29) is 6.04 Å². The molecule has 0 aliphatic heterocycles. The Labute approximate surface area is 117 Å². The molecule has 0 radical (unpaired) electrons. The molecule has 1 unspecified atom stereocenters. The zero-order chi connectivity index (χ0) is 13.4. The van der Waals surface area contributed by atoms with Gasteiger partial charge in [-0.3, -0.25) is 11.3 Å². The van der Waals surface area contributed by atoms with E-state index in [0.717, 1.165) is 5.56 Å². The molecule has 0 saturated heterocycles. The number of benzene rings is 1. The summed E-state index contributed by atoms with van der Waals surface area (Å²) in [6, 6.07) is 5.35. The molecule has 6 heteroatoms. The van der Waals surface area contributed by atoms with Crippen molar-refractivity contribution in [2.45, 2.75) is 12.5 Å². The van der Waals surface area contributed by atoms with Crippen molar-refractivity contribution in [1.29, 1.82) is 0 Å². The summed E-state index contributed by atoms with van der Waals surface area (Å²) in [5.41, 5.74) is 3.65. The quantitative estimate of drug-likeness (QED) is 0.437. The van der Waals surface area contributed by atoms with Crippen LogP contribution >= 0.6 is 23.2 Å². The van der Waals surface area contributed by atoms with Crippen LogP contribution in [-0.2, 0) is 15.9 Å². The van der Waals surface area contributed by atoms with Crippen molar-refractivity contribution in [2.24, 2.45) is 5.84 Å². The Hall–Kier alpha value is -0.360. The average molecular weight is 293 g/mol. The van der Waals surface area contributed by atoms with Gasteiger partial charge in [-0.05, 0) is 30.2 Å². The maximum absolute atomic E-state index is 6.09. The van der Waals surface area contributed by atoms with Gasteiger partial charge in [0.1, 0.15) is 0 Å². The second kappa shape index (κ2) is 8.69. The minimum atomic E-state index is -0.0159. The molecule has 1 atom stereocenters. The third-order valence-corrected chi connectivity index (χ3v) is 3.06. The van der Waals surface area contributed by atoms with Crippen molar-refractivity contribution in [3.8, 4) is 0 Å². The molecule has 0 amide bonds. The molecular formula is C12H18Cl2N2O2. The van der Waals surface area contributed by atoms with Crippen molar-refractivity contribution in [2.75, 3.05) is 26.9 Å². The fourth-order valence-corrected chi connectivity index (χ4v) is 1.89. The predicted octanol–water partition coefficient (Wildman–Crippen LogP) is 2.03. The Morgan fingerprint density at radius 2 is 2.11 bits per heavy atom. The van der Waals surface area contributed by atoms with E-state index < -0.39 is 0 Å². The molecule has 0 aliphatic rings. The Morgan fingerprint density at radius 1 is 1.33 bits per heavy atom. The highest BCUT2D eigenvalue weighted by Gasteiger charge is 2.11. The van der Waals surface area contributed by atoms with Gasteiger partial charge in [0.15, 0.2) is 0 Å². The minimum Gasteiger partial charge on any atom is -0.382 e. The highest BCUT2D eigenvalue weighted by Crippen LogP contribution is 2.21. The van der Waals surface area contributed by atoms with Crippen LogP contribution in [0.1, 0.15) is 5.56 Å². The van der Waals surface area contributed by atoms with E-state index in [1.165, 1.54) is 0 Å². The molecule has 0 aromatic heterocycles. The molecule has 0 fully saturated rings. The third kappa shape index (κ3) is 5.52. The number of nitrogens with one attached hydrogen (secondary N) is 1. The van der Waals surface area contributed by atoms with E-state index in [0.29, 0.717) is 36.3 Å². The third-order valence-electron chi connectivity index (χ3n) is 2.46. The Kier molecular flexibility index (Phi) is 7.58. The van der Waals surface area contributed by atoms with Gasteiger partial charge in [0.05, 0.1) is 19.8 Å². The number of rotatable bonds is 8. The predicted molar refractivity (Wildman–Crippen MR) is 74.0 cm³/mol. The van der Waals surface area contributed by atoms with Gasteiger partial charge in [-0.2, -0.15) is 0 Å². The molecule has 4 nitrogen and oxygen atoms in total. The Balaban J connectivity index is 2.48. The molecule has 102 valence electrons. The van der Waals surface area contributed by atoms with Crippen LogP contribution < -0.4 is 11.3 Å². The lowest BCUT2D eigenvalue weighted by Gasteiger charge is -2.17. The number of nitrogens with two attached hydrogens (primary N) is 1. The van der Waals surface area contributed by atoms with Crippen LogP contribution in [0.5, 0.6) is 0 Å². The maximum atomic E-state index is 6.09. The van der Waals surface area contributed by atoms with Gasteiger partial charge in [0, 0.05) is 23.2 Å². The van der Waals surface area contributed by atoms with Gasteiger partial charge in [-0.1, -0.05) is 23.2 Å². The smallest absolute Gasteiger partial charge is 0.0701 e. The second-order valence-corrected chi connectivity index (χ2v) is 4.71. The molecule has 0 saturated carbocycles. The number of methoxy groups -OCH3 is 1. The summed E-state index contributed by atoms with van der Waals surface area (Å²) < 4.78 is 10.3. The summed E-state index contributed by atoms with van der Waals surface area (Å²) in [7, 11) is 1.63. The van der Waals surface area contributed by atoms with Crippen LogP contribution in [0, 0.1) is 0 Å². The molecule has 0 heterocycles. The minimum absolute atomic E-state index is 0.0159. The second-order valence-electron chi connectivity index (χ2n) is 3.87. The Morgan fingerprint density at radius 3 is 2.78 bits per heavy atom. The monoisotopic (exact) mass is 292 g/mol. The van der Waals surface area contributed by atoms with Crippen LogP contribution in [0.2, 0.25) is 10.0 Å². The van der Waals surface area contributed by atoms with E-state index in [9.17, 15) is 0 Å². The van der Waals surface area contributed by atoms with Crippen LogP contribution in [0.3, 0.4) is 0 Å². The van der Waals surface area contributed by atoms with Crippen molar-refractivity contribution < 1.29 is 9.47 Å². The van der Waals surface area contributed by atoms with Crippen LogP contribution in [0.15, 0.2) is 18.2 Å². The Bertz CT molecular complexity index is 364. The number of ether oxygens (including phenoxy) is 2. The topological polar surface area (TPSA) is 56.5 Å². The summed E-state index contributed by atoms with van der Waals surface area (Å²) in [5, 5.41) is 1.34. The summed E-state index contributed by atoms with van der Waals surface area (Å²) in [4.78, 5) is 0. The van der Waals surface area contributed by atoms with Crippen LogP contribution in [0.25, 0.3) is 0 Å². The van der Waals surface area contributed by atoms with Gasteiger partial charge in [-0.15, -0.1) is 0 Å². The zero-order valence-corrected chi connectivity index (χ0v) is 11.8. The van der Waals surface area contributed by atoms with Gasteiger partial charge in [0.25, 0.3) is 0 Å². The lowest BCUT2D eigenvalue weighted by molar-refractivity contribution is 0.0587. The molecular weight excluding hydrogens is 275 g/mol. The van der Waals surface area contributed by atoms with E-state index in [1.807, 2.05) is 6.07 Å². The maximum Gasteiger partial charge on any atom is 0.0701 e. The first-order valence-electron chi connectivity index (χ1n) is 5.64. The summed E-state index contributed by atoms with van der Waals surface area (Å²) in [5.74, 6) is 5.49. The first-order chi connectivity index (χ1) is 8.67. The molecule has 0 aliphatic carbocycles. The number of hydrogen-bond acceptors (Lipinski definition) is 4. The lowest BCUT2D eigenvalue weighted by Crippen LogP contribution is -2.40. The summed E-state index contributed by atoms with van der Waals surface area (Å²) in [6.45, 7) is 1.59. The van der Waals surface area contributed by atoms with Crippen LogP contribution in [0.4, 0.5) is 0 Å². The highest BCUT2D eigenvalue weighted by atomic mass is 35.5. The van der Waals surface area contributed by atoms with E-state index in [2.05, 4.69) is 5.43 Å². The molecule has 18 heavy (non-hydrogen) atoms. The molecule has 0 spiro atoms. The van der Waals surface area contributed by atoms with E-state index in [4.69, 9.17) is 38.5 Å². The first kappa shape index (κ1) is 15.7. The van der Waals surface area contributed by atoms with Gasteiger partial charge in [0.2, 0.25) is 0 Å². The molecule has 1 aromatic carbocycles. The van der Waals surface area contributed by atoms with E-state index in [1.54, 1.807) is 19.2 Å². The van der Waals surface area contributed by atoms with Crippen molar-refractivity contribution in [3.05, 3.63) is 33.8 Å². The summed E-state index contributed by atoms with van der Waals surface area (Å²) >= 11 is 12.0. The van der Waals surface area contributed by atoms with Gasteiger partial charge < -0.3 is 9.47 Å². The zero-order valence-electron chi connectivity index (χ0n) is 10.3. The van der Waals surface area contributed by atoms with Crippen LogP contribution in [-0.4, -0.2) is 33.0 Å². The molecule has 0 bridgehead atoms. The normalized spacial score (nSPS) is 12.7. The van der Waals surface area contributed by atoms with Gasteiger partial charge >= 0.3 is 0 Å². The number of halogens is 2. The largest absolute Gasteiger partial charge is 0.382 e. The van der Waals surface area contributed by atoms with E-state index >= 15 is 0 Å².